The lowest BCUT2D eigenvalue weighted by molar-refractivity contribution is -0.305. The second-order valence-corrected chi connectivity index (χ2v) is 38.6. The topological polar surface area (TPSA) is 415 Å². The highest BCUT2D eigenvalue weighted by atomic mass is 31.2. The third kappa shape index (κ3) is 63.8. The number of hydrogen-bond acceptors (Lipinski definition) is 22. The van der Waals surface area contributed by atoms with Crippen LogP contribution in [0.1, 0.15) is 465 Å². The average molecular weight is 1840 g/mol. The van der Waals surface area contributed by atoms with E-state index in [0.29, 0.717) is 38.5 Å². The molecule has 28 nitrogen and oxygen atoms in total. The molecule has 0 aromatic rings. The van der Waals surface area contributed by atoms with E-state index in [4.69, 9.17) is 46.9 Å². The summed E-state index contributed by atoms with van der Waals surface area (Å²) in [5.74, 6) is -4.79. The van der Waals surface area contributed by atoms with Gasteiger partial charge in [-0.3, -0.25) is 37.8 Å². The second-order valence-electron chi connectivity index (χ2n) is 36.1. The molecule has 0 aliphatic carbocycles. The van der Waals surface area contributed by atoms with Crippen LogP contribution in [0.5, 0.6) is 0 Å². The number of carbonyl (C=O) groups is 6. The Morgan fingerprint density at radius 1 is 0.341 bits per heavy atom. The van der Waals surface area contributed by atoms with Gasteiger partial charge < -0.3 is 88.5 Å². The van der Waals surface area contributed by atoms with Crippen molar-refractivity contribution in [2.45, 2.75) is 551 Å². The van der Waals surface area contributed by atoms with Crippen molar-refractivity contribution >= 4 is 51.3 Å². The first-order valence-corrected chi connectivity index (χ1v) is 53.9. The van der Waals surface area contributed by atoms with Crippen molar-refractivity contribution in [2.24, 2.45) is 0 Å². The van der Waals surface area contributed by atoms with Gasteiger partial charge in [0.15, 0.2) is 24.8 Å². The molecular formula is C96H182N2O26P2. The van der Waals surface area contributed by atoms with Crippen LogP contribution in [0.2, 0.25) is 0 Å². The molecule has 2 heterocycles. The molecule has 14 atom stereocenters. The zero-order valence-electron chi connectivity index (χ0n) is 79.4. The van der Waals surface area contributed by atoms with Crippen molar-refractivity contribution in [3.63, 3.8) is 0 Å². The van der Waals surface area contributed by atoms with Crippen LogP contribution >= 0.6 is 15.6 Å². The smallest absolute Gasteiger partial charge is 0.462 e. The number of hydrogen-bond donors (Lipinski definition) is 10. The standard InChI is InChI=1S/C96H182N2O26P2/c1-7-13-19-25-31-37-38-44-50-56-62-68-86(105)119-80(66-60-54-48-42-35-29-23-17-11-5)74-88(107)123-94-90(98-84(103)73-79(65-59-53-47-41-34-28-22-16-10-4)118-85(104)67-61-55-49-43-36-30-24-18-12-6)96(120-81(75-99)92(94)124-126(112,113)114)116-76-82-91(108)93(122-87(106)72-78(101)64-58-52-46-40-33-27-21-15-9-3)89(95(121-82)115-69-70-117-125(109,110)111)97-83(102)71-77(100)63-57-51-45-39-32-26-20-14-8-2/h77-82,89-96,99-101,108H,7-76H2,1-6H3,(H,97,102)(H,98,103)(H2,109,110,111)(H2,112,113,114)/t77-,78-,79-,80-,81-,82-,89-,90-,91-,92-,93-,94-,95-,96-/m1/s1. The van der Waals surface area contributed by atoms with E-state index in [2.05, 4.69) is 52.2 Å². The molecule has 2 aliphatic rings. The van der Waals surface area contributed by atoms with E-state index in [1.54, 1.807) is 0 Å². The fourth-order valence-corrected chi connectivity index (χ4v) is 17.7. The fraction of sp³-hybridized carbons (Fsp3) is 0.938. The van der Waals surface area contributed by atoms with Crippen LogP contribution in [-0.4, -0.2) is 188 Å². The number of ether oxygens (including phenoxy) is 8. The van der Waals surface area contributed by atoms with Gasteiger partial charge in [0.1, 0.15) is 48.7 Å². The van der Waals surface area contributed by atoms with Crippen LogP contribution in [-0.2, 0) is 84.8 Å². The Kier molecular flexibility index (Phi) is 73.6. The van der Waals surface area contributed by atoms with E-state index in [1.807, 2.05) is 0 Å². The van der Waals surface area contributed by atoms with Crippen molar-refractivity contribution in [3.8, 4) is 0 Å². The van der Waals surface area contributed by atoms with Crippen LogP contribution in [0.4, 0.5) is 0 Å². The molecule has 0 aromatic heterocycles. The maximum absolute atomic E-state index is 15.2. The van der Waals surface area contributed by atoms with Crippen LogP contribution in [0.15, 0.2) is 0 Å². The molecule has 0 radical (unpaired) electrons. The van der Waals surface area contributed by atoms with E-state index in [-0.39, 0.29) is 38.5 Å². The van der Waals surface area contributed by atoms with E-state index >= 15 is 9.59 Å². The van der Waals surface area contributed by atoms with Gasteiger partial charge in [-0.25, -0.2) is 9.13 Å². The lowest BCUT2D eigenvalue weighted by Gasteiger charge is -2.47. The number of nitrogens with one attached hydrogen (secondary N) is 2. The predicted molar refractivity (Wildman–Crippen MR) is 491 cm³/mol. The first-order chi connectivity index (χ1) is 60.8. The lowest BCUT2D eigenvalue weighted by atomic mass is 9.95. The first-order valence-electron chi connectivity index (χ1n) is 50.8. The highest BCUT2D eigenvalue weighted by Gasteiger charge is 2.54. The summed E-state index contributed by atoms with van der Waals surface area (Å²) < 4.78 is 85.5. The molecule has 10 N–H and O–H groups in total. The minimum Gasteiger partial charge on any atom is -0.462 e. The molecule has 2 rings (SSSR count). The Balaban J connectivity index is 2.89. The Morgan fingerprint density at radius 3 is 1.02 bits per heavy atom. The second kappa shape index (κ2) is 78.1. The molecule has 2 aliphatic heterocycles. The van der Waals surface area contributed by atoms with Crippen molar-refractivity contribution < 1.29 is 125 Å². The van der Waals surface area contributed by atoms with E-state index < -0.39 is 189 Å². The third-order valence-electron chi connectivity index (χ3n) is 24.2. The van der Waals surface area contributed by atoms with Gasteiger partial charge in [-0.15, -0.1) is 0 Å². The number of carbonyl (C=O) groups excluding carboxylic acids is 6. The highest BCUT2D eigenvalue weighted by molar-refractivity contribution is 7.46. The van der Waals surface area contributed by atoms with E-state index in [1.165, 1.54) is 70.6 Å². The van der Waals surface area contributed by atoms with Gasteiger partial charge in [0.25, 0.3) is 0 Å². The van der Waals surface area contributed by atoms with Gasteiger partial charge in [-0.1, -0.05) is 375 Å². The van der Waals surface area contributed by atoms with Gasteiger partial charge >= 0.3 is 39.5 Å². The summed E-state index contributed by atoms with van der Waals surface area (Å²) in [4.78, 5) is 127. The summed E-state index contributed by atoms with van der Waals surface area (Å²) in [5.41, 5.74) is 0. The van der Waals surface area contributed by atoms with E-state index in [0.717, 1.165) is 250 Å². The molecule has 2 fully saturated rings. The minimum atomic E-state index is -5.68. The minimum absolute atomic E-state index is 0.0838. The number of aliphatic hydroxyl groups excluding tert-OH is 4. The molecule has 0 aromatic carbocycles. The summed E-state index contributed by atoms with van der Waals surface area (Å²) in [5, 5.41) is 52.1. The van der Waals surface area contributed by atoms with Crippen LogP contribution < -0.4 is 10.6 Å². The molecule has 0 unspecified atom stereocenters. The van der Waals surface area contributed by atoms with Crippen molar-refractivity contribution in [2.75, 3.05) is 26.4 Å². The molecule has 30 heteroatoms. The van der Waals surface area contributed by atoms with Crippen LogP contribution in [0, 0.1) is 0 Å². The number of phosphoric ester groups is 2. The third-order valence-corrected chi connectivity index (χ3v) is 25.3. The number of rotatable bonds is 87. The summed E-state index contributed by atoms with van der Waals surface area (Å²) in [6.45, 7) is 9.62. The number of amides is 2. The summed E-state index contributed by atoms with van der Waals surface area (Å²) in [6, 6.07) is -3.56. The van der Waals surface area contributed by atoms with Crippen LogP contribution in [0.3, 0.4) is 0 Å². The quantitative estimate of drug-likeness (QED) is 0.0117. The highest BCUT2D eigenvalue weighted by Crippen LogP contribution is 2.43. The van der Waals surface area contributed by atoms with Gasteiger partial charge in [-0.05, 0) is 51.4 Å². The summed E-state index contributed by atoms with van der Waals surface area (Å²) >= 11 is 0. The molecule has 2 saturated heterocycles. The molecule has 0 bridgehead atoms. The van der Waals surface area contributed by atoms with Crippen LogP contribution in [0.25, 0.3) is 0 Å². The summed E-state index contributed by atoms with van der Waals surface area (Å²) in [7, 11) is -10.8. The van der Waals surface area contributed by atoms with Gasteiger partial charge in [0.05, 0.1) is 64.3 Å². The molecule has 126 heavy (non-hydrogen) atoms. The summed E-state index contributed by atoms with van der Waals surface area (Å²) in [6.07, 6.45) is 35.8. The largest absolute Gasteiger partial charge is 0.470 e. The number of esters is 4. The maximum atomic E-state index is 15.2. The zero-order chi connectivity index (χ0) is 92.5. The molecule has 2 amide bonds. The lowest BCUT2D eigenvalue weighted by Crippen LogP contribution is -2.68. The van der Waals surface area contributed by atoms with Gasteiger partial charge in [0, 0.05) is 12.8 Å². The zero-order valence-corrected chi connectivity index (χ0v) is 81.2. The first kappa shape index (κ1) is 119. The average Bonchev–Trinajstić information content (AvgIpc) is 0.777. The molecule has 0 spiro atoms. The Morgan fingerprint density at radius 2 is 0.651 bits per heavy atom. The molecule has 0 saturated carbocycles. The number of aliphatic hydroxyl groups is 4. The van der Waals surface area contributed by atoms with Gasteiger partial charge in [0.2, 0.25) is 11.8 Å². The van der Waals surface area contributed by atoms with Gasteiger partial charge in [-0.2, -0.15) is 0 Å². The normalized spacial score (nSPS) is 20.2. The van der Waals surface area contributed by atoms with Crippen molar-refractivity contribution in [3.05, 3.63) is 0 Å². The molecule has 742 valence electrons. The van der Waals surface area contributed by atoms with Crippen molar-refractivity contribution in [1.82, 2.24) is 10.6 Å². The Bertz CT molecular complexity index is 2770. The van der Waals surface area contributed by atoms with E-state index in [9.17, 15) is 68.3 Å². The Labute approximate surface area is 760 Å². The van der Waals surface area contributed by atoms with Crippen molar-refractivity contribution in [1.29, 1.82) is 0 Å². The number of phosphoric acid groups is 2. The predicted octanol–water partition coefficient (Wildman–Crippen LogP) is 20.6. The number of unbranched alkanes of at least 4 members (excludes halogenated alkanes) is 50. The monoisotopic (exact) mass is 1840 g/mol. The fourth-order valence-electron chi connectivity index (χ4n) is 16.8. The maximum Gasteiger partial charge on any atom is 0.470 e. The molecular weight excluding hydrogens is 1660 g/mol. The SMILES string of the molecule is CCCCCCCCCCCCCC(=O)O[C@H](CCCCCCCCCCC)CC(=O)O[C@@H]1[C@@H](NC(=O)C[C@@H](CCCCCCCCCCC)OC(=O)CCCCCCCCCCC)[C@H](OC[C@H]2O[C@@H](OCCOP(=O)(O)O)[C@H](NC(=O)C[C@H](O)CCCCCCCCCCC)[C@@H](OC(=O)C[C@H](O)CCCCCCCCCCC)[C@@H]2O)O[C@H](CO)[C@H]1OP(=O)(O)O. The Hall–Kier alpha value is -3.28.